The van der Waals surface area contributed by atoms with Gasteiger partial charge in [0.1, 0.15) is 6.54 Å². The predicted molar refractivity (Wildman–Crippen MR) is 86.4 cm³/mol. The number of carboxylic acids is 1. The molecule has 0 aliphatic heterocycles. The highest BCUT2D eigenvalue weighted by Crippen LogP contribution is 2.22. The standard InChI is InChI=1S/C15H14N4O3S/c20-13(17-12-7-8-19(18-12)9-15(21)22)5-6-14-16-10-3-1-2-4-11(10)23-14/h1-4,7-8H,5-6,9H2,(H,21,22)(H,17,18,20). The van der Waals surface area contributed by atoms with Crippen molar-refractivity contribution in [1.29, 1.82) is 0 Å². The van der Waals surface area contributed by atoms with Crippen molar-refractivity contribution in [1.82, 2.24) is 14.8 Å². The molecular formula is C15H14N4O3S. The summed E-state index contributed by atoms with van der Waals surface area (Å²) >= 11 is 1.58. The van der Waals surface area contributed by atoms with E-state index in [2.05, 4.69) is 15.4 Å². The first-order valence-electron chi connectivity index (χ1n) is 7.00. The SMILES string of the molecule is O=C(O)Cn1ccc(NC(=O)CCc2nc3ccccc3s2)n1. The number of carboxylic acid groups (broad SMARTS) is 1. The normalized spacial score (nSPS) is 10.8. The van der Waals surface area contributed by atoms with Crippen LogP contribution in [0.2, 0.25) is 0 Å². The number of anilines is 1. The molecule has 3 aromatic rings. The van der Waals surface area contributed by atoms with Gasteiger partial charge in [0.15, 0.2) is 5.82 Å². The van der Waals surface area contributed by atoms with Crippen LogP contribution in [0.15, 0.2) is 36.5 Å². The maximum absolute atomic E-state index is 11.9. The maximum Gasteiger partial charge on any atom is 0.325 e. The number of para-hydroxylation sites is 1. The number of aliphatic carboxylic acids is 1. The number of carbonyl (C=O) groups is 2. The zero-order valence-corrected chi connectivity index (χ0v) is 12.9. The average molecular weight is 330 g/mol. The van der Waals surface area contributed by atoms with Gasteiger partial charge in [0.2, 0.25) is 5.91 Å². The molecule has 1 aromatic carbocycles. The molecule has 7 nitrogen and oxygen atoms in total. The Morgan fingerprint density at radius 2 is 2.09 bits per heavy atom. The fraction of sp³-hybridized carbons (Fsp3) is 0.200. The lowest BCUT2D eigenvalue weighted by atomic mass is 10.3. The van der Waals surface area contributed by atoms with Crippen molar-refractivity contribution >= 4 is 39.2 Å². The number of aromatic nitrogens is 3. The number of aryl methyl sites for hydroxylation is 1. The van der Waals surface area contributed by atoms with E-state index in [-0.39, 0.29) is 12.5 Å². The molecule has 0 aliphatic carbocycles. The number of rotatable bonds is 6. The van der Waals surface area contributed by atoms with Gasteiger partial charge in [0.25, 0.3) is 0 Å². The molecule has 0 atom stereocenters. The van der Waals surface area contributed by atoms with Gasteiger partial charge in [-0.05, 0) is 12.1 Å². The molecule has 2 aromatic heterocycles. The number of thiazole rings is 1. The molecule has 23 heavy (non-hydrogen) atoms. The van der Waals surface area contributed by atoms with E-state index in [9.17, 15) is 9.59 Å². The molecule has 3 rings (SSSR count). The number of carbonyl (C=O) groups excluding carboxylic acids is 1. The average Bonchev–Trinajstić information content (AvgIpc) is 3.10. The molecule has 2 heterocycles. The van der Waals surface area contributed by atoms with E-state index >= 15 is 0 Å². The molecule has 0 fully saturated rings. The summed E-state index contributed by atoms with van der Waals surface area (Å²) in [4.78, 5) is 27.0. The Labute approximate surface area is 135 Å². The molecule has 1 amide bonds. The molecule has 8 heteroatoms. The predicted octanol–water partition coefficient (Wildman–Crippen LogP) is 2.15. The molecule has 0 radical (unpaired) electrons. The van der Waals surface area contributed by atoms with Crippen LogP contribution in [0.3, 0.4) is 0 Å². The second kappa shape index (κ2) is 6.57. The topological polar surface area (TPSA) is 97.1 Å². The summed E-state index contributed by atoms with van der Waals surface area (Å²) in [5.41, 5.74) is 0.945. The molecule has 0 saturated carbocycles. The third-order valence-corrected chi connectivity index (χ3v) is 4.21. The van der Waals surface area contributed by atoms with Crippen molar-refractivity contribution in [2.75, 3.05) is 5.32 Å². The van der Waals surface area contributed by atoms with Gasteiger partial charge in [-0.2, -0.15) is 5.10 Å². The summed E-state index contributed by atoms with van der Waals surface area (Å²) in [7, 11) is 0. The van der Waals surface area contributed by atoms with Crippen LogP contribution in [0.1, 0.15) is 11.4 Å². The number of hydrogen-bond donors (Lipinski definition) is 2. The summed E-state index contributed by atoms with van der Waals surface area (Å²) in [5, 5.41) is 16.2. The van der Waals surface area contributed by atoms with Gasteiger partial charge in [0.05, 0.1) is 15.2 Å². The highest BCUT2D eigenvalue weighted by molar-refractivity contribution is 7.18. The highest BCUT2D eigenvalue weighted by Gasteiger charge is 2.09. The highest BCUT2D eigenvalue weighted by atomic mass is 32.1. The van der Waals surface area contributed by atoms with Gasteiger partial charge in [-0.15, -0.1) is 11.3 Å². The summed E-state index contributed by atoms with van der Waals surface area (Å²) in [5.74, 6) is -0.813. The van der Waals surface area contributed by atoms with Crippen LogP contribution >= 0.6 is 11.3 Å². The fourth-order valence-electron chi connectivity index (χ4n) is 2.11. The Morgan fingerprint density at radius 3 is 2.87 bits per heavy atom. The molecule has 0 unspecified atom stereocenters. The first kappa shape index (κ1) is 15.2. The molecule has 0 spiro atoms. The Balaban J connectivity index is 1.54. The van der Waals surface area contributed by atoms with Gasteiger partial charge in [0, 0.05) is 25.1 Å². The monoisotopic (exact) mass is 330 g/mol. The third-order valence-electron chi connectivity index (χ3n) is 3.11. The molecule has 0 bridgehead atoms. The van der Waals surface area contributed by atoms with E-state index in [1.54, 1.807) is 17.4 Å². The van der Waals surface area contributed by atoms with Crippen molar-refractivity contribution in [3.63, 3.8) is 0 Å². The van der Waals surface area contributed by atoms with E-state index in [0.717, 1.165) is 15.2 Å². The van der Waals surface area contributed by atoms with Crippen molar-refractivity contribution in [2.24, 2.45) is 0 Å². The van der Waals surface area contributed by atoms with Crippen LogP contribution in [-0.4, -0.2) is 31.7 Å². The second-order valence-corrected chi connectivity index (χ2v) is 6.03. The van der Waals surface area contributed by atoms with Crippen molar-refractivity contribution in [2.45, 2.75) is 19.4 Å². The minimum absolute atomic E-state index is 0.176. The van der Waals surface area contributed by atoms with Crippen molar-refractivity contribution < 1.29 is 14.7 Å². The maximum atomic E-state index is 11.9. The molecule has 118 valence electrons. The number of nitrogens with zero attached hydrogens (tertiary/aromatic N) is 3. The number of hydrogen-bond acceptors (Lipinski definition) is 5. The van der Waals surface area contributed by atoms with E-state index < -0.39 is 5.97 Å². The Morgan fingerprint density at radius 1 is 1.26 bits per heavy atom. The van der Waals surface area contributed by atoms with Crippen LogP contribution in [0.5, 0.6) is 0 Å². The zero-order valence-electron chi connectivity index (χ0n) is 12.1. The van der Waals surface area contributed by atoms with Crippen molar-refractivity contribution in [3.8, 4) is 0 Å². The van der Waals surface area contributed by atoms with Gasteiger partial charge < -0.3 is 10.4 Å². The summed E-state index contributed by atoms with van der Waals surface area (Å²) < 4.78 is 2.36. The smallest absolute Gasteiger partial charge is 0.325 e. The Bertz CT molecular complexity index is 822. The lowest BCUT2D eigenvalue weighted by molar-refractivity contribution is -0.137. The lowest BCUT2D eigenvalue weighted by Crippen LogP contribution is -2.14. The van der Waals surface area contributed by atoms with Crippen LogP contribution in [0.25, 0.3) is 10.2 Å². The third kappa shape index (κ3) is 3.92. The van der Waals surface area contributed by atoms with E-state index in [1.807, 2.05) is 24.3 Å². The second-order valence-electron chi connectivity index (χ2n) is 4.92. The zero-order chi connectivity index (χ0) is 16.2. The number of amides is 1. The molecule has 0 saturated heterocycles. The fourth-order valence-corrected chi connectivity index (χ4v) is 3.07. The largest absolute Gasteiger partial charge is 0.480 e. The van der Waals surface area contributed by atoms with E-state index in [4.69, 9.17) is 5.11 Å². The first-order valence-corrected chi connectivity index (χ1v) is 7.81. The summed E-state index contributed by atoms with van der Waals surface area (Å²) in [6.45, 7) is -0.235. The Kier molecular flexibility index (Phi) is 4.33. The quantitative estimate of drug-likeness (QED) is 0.722. The molecule has 0 aliphatic rings. The number of fused-ring (bicyclic) bond motifs is 1. The van der Waals surface area contributed by atoms with Gasteiger partial charge in [-0.3, -0.25) is 14.3 Å². The summed E-state index contributed by atoms with van der Waals surface area (Å²) in [6, 6.07) is 9.42. The molecular weight excluding hydrogens is 316 g/mol. The minimum Gasteiger partial charge on any atom is -0.480 e. The number of nitrogens with one attached hydrogen (secondary N) is 1. The van der Waals surface area contributed by atoms with Crippen LogP contribution < -0.4 is 5.32 Å². The van der Waals surface area contributed by atoms with Gasteiger partial charge in [-0.25, -0.2) is 4.98 Å². The Hall–Kier alpha value is -2.74. The number of benzene rings is 1. The minimum atomic E-state index is -0.984. The van der Waals surface area contributed by atoms with Crippen LogP contribution in [-0.2, 0) is 22.6 Å². The van der Waals surface area contributed by atoms with Crippen molar-refractivity contribution in [3.05, 3.63) is 41.5 Å². The van der Waals surface area contributed by atoms with Gasteiger partial charge >= 0.3 is 5.97 Å². The van der Waals surface area contributed by atoms with Crippen LogP contribution in [0.4, 0.5) is 5.82 Å². The van der Waals surface area contributed by atoms with E-state index in [0.29, 0.717) is 18.7 Å². The van der Waals surface area contributed by atoms with Crippen LogP contribution in [0, 0.1) is 0 Å². The molecule has 2 N–H and O–H groups in total. The lowest BCUT2D eigenvalue weighted by Gasteiger charge is -2.00. The first-order chi connectivity index (χ1) is 11.1. The summed E-state index contributed by atoms with van der Waals surface area (Å²) in [6.07, 6.45) is 2.36. The van der Waals surface area contributed by atoms with E-state index in [1.165, 1.54) is 10.9 Å². The van der Waals surface area contributed by atoms with Gasteiger partial charge in [-0.1, -0.05) is 12.1 Å².